The molecule has 0 amide bonds. The molecule has 0 unspecified atom stereocenters. The topological polar surface area (TPSA) is 63.8 Å². The molecule has 18 heavy (non-hydrogen) atoms. The molecule has 0 bridgehead atoms. The van der Waals surface area contributed by atoms with Gasteiger partial charge in [0.15, 0.2) is 0 Å². The lowest BCUT2D eigenvalue weighted by molar-refractivity contribution is 1.06. The summed E-state index contributed by atoms with van der Waals surface area (Å²) in [4.78, 5) is 8.13. The zero-order valence-electron chi connectivity index (χ0n) is 9.74. The molecular weight excluding hydrogens is 271 g/mol. The Balaban J connectivity index is 2.40. The first-order valence-corrected chi connectivity index (χ1v) is 6.19. The molecule has 0 saturated heterocycles. The number of benzene rings is 1. The average molecular weight is 283 g/mol. The molecule has 0 atom stereocenters. The summed E-state index contributed by atoms with van der Waals surface area (Å²) in [6.45, 7) is 1.99. The molecule has 94 valence electrons. The highest BCUT2D eigenvalue weighted by Crippen LogP contribution is 2.32. The third-order valence-corrected chi connectivity index (χ3v) is 3.36. The average Bonchev–Trinajstić information content (AvgIpc) is 2.35. The SMILES string of the molecule is CCc1c(N)ncnc1Nc1cccc(Cl)c1Cl. The van der Waals surface area contributed by atoms with E-state index < -0.39 is 0 Å². The van der Waals surface area contributed by atoms with Crippen LogP contribution in [0, 0.1) is 0 Å². The maximum absolute atomic E-state index is 6.11. The first-order chi connectivity index (χ1) is 8.63. The van der Waals surface area contributed by atoms with E-state index in [0.717, 1.165) is 12.0 Å². The molecule has 0 aliphatic rings. The fraction of sp³-hybridized carbons (Fsp3) is 0.167. The monoisotopic (exact) mass is 282 g/mol. The summed E-state index contributed by atoms with van der Waals surface area (Å²) in [5.41, 5.74) is 7.35. The minimum Gasteiger partial charge on any atom is -0.383 e. The number of hydrogen-bond acceptors (Lipinski definition) is 4. The molecule has 4 nitrogen and oxygen atoms in total. The van der Waals surface area contributed by atoms with Crippen LogP contribution in [0.4, 0.5) is 17.3 Å². The van der Waals surface area contributed by atoms with Crippen LogP contribution in [0.5, 0.6) is 0 Å². The van der Waals surface area contributed by atoms with Crippen LogP contribution < -0.4 is 11.1 Å². The van der Waals surface area contributed by atoms with E-state index in [2.05, 4.69) is 15.3 Å². The van der Waals surface area contributed by atoms with Gasteiger partial charge in [0.1, 0.15) is 18.0 Å². The van der Waals surface area contributed by atoms with Gasteiger partial charge in [0, 0.05) is 5.56 Å². The predicted octanol–water partition coefficient (Wildman–Crippen LogP) is 3.67. The van der Waals surface area contributed by atoms with Crippen LogP contribution in [0.2, 0.25) is 10.0 Å². The van der Waals surface area contributed by atoms with Crippen LogP contribution in [0.1, 0.15) is 12.5 Å². The maximum Gasteiger partial charge on any atom is 0.139 e. The van der Waals surface area contributed by atoms with Gasteiger partial charge in [0.2, 0.25) is 0 Å². The molecule has 2 rings (SSSR count). The van der Waals surface area contributed by atoms with Crippen molar-refractivity contribution in [1.82, 2.24) is 9.97 Å². The number of anilines is 3. The fourth-order valence-corrected chi connectivity index (χ4v) is 1.96. The first-order valence-electron chi connectivity index (χ1n) is 5.43. The van der Waals surface area contributed by atoms with E-state index in [-0.39, 0.29) is 0 Å². The largest absolute Gasteiger partial charge is 0.383 e. The van der Waals surface area contributed by atoms with Crippen LogP contribution in [0.3, 0.4) is 0 Å². The van der Waals surface area contributed by atoms with Crippen molar-refractivity contribution in [3.63, 3.8) is 0 Å². The van der Waals surface area contributed by atoms with Crippen molar-refractivity contribution in [2.75, 3.05) is 11.1 Å². The van der Waals surface area contributed by atoms with Crippen molar-refractivity contribution in [3.05, 3.63) is 40.1 Å². The Hall–Kier alpha value is -1.52. The molecule has 6 heteroatoms. The van der Waals surface area contributed by atoms with Gasteiger partial charge in [-0.25, -0.2) is 9.97 Å². The Morgan fingerprint density at radius 1 is 1.28 bits per heavy atom. The Kier molecular flexibility index (Phi) is 3.89. The van der Waals surface area contributed by atoms with Crippen molar-refractivity contribution < 1.29 is 0 Å². The molecule has 0 aliphatic carbocycles. The van der Waals surface area contributed by atoms with Crippen LogP contribution in [0.15, 0.2) is 24.5 Å². The van der Waals surface area contributed by atoms with E-state index >= 15 is 0 Å². The zero-order chi connectivity index (χ0) is 13.1. The van der Waals surface area contributed by atoms with Crippen molar-refractivity contribution in [2.24, 2.45) is 0 Å². The zero-order valence-corrected chi connectivity index (χ0v) is 11.3. The number of hydrogen-bond donors (Lipinski definition) is 2. The smallest absolute Gasteiger partial charge is 0.139 e. The van der Waals surface area contributed by atoms with Crippen molar-refractivity contribution in [2.45, 2.75) is 13.3 Å². The minimum atomic E-state index is 0.457. The third kappa shape index (κ3) is 2.49. The van der Waals surface area contributed by atoms with Crippen molar-refractivity contribution in [3.8, 4) is 0 Å². The molecule has 0 aliphatic heterocycles. The van der Waals surface area contributed by atoms with Gasteiger partial charge in [-0.3, -0.25) is 0 Å². The van der Waals surface area contributed by atoms with E-state index in [1.54, 1.807) is 6.07 Å². The van der Waals surface area contributed by atoms with Gasteiger partial charge < -0.3 is 11.1 Å². The van der Waals surface area contributed by atoms with Gasteiger partial charge in [-0.2, -0.15) is 0 Å². The highest BCUT2D eigenvalue weighted by atomic mass is 35.5. The van der Waals surface area contributed by atoms with Gasteiger partial charge in [-0.15, -0.1) is 0 Å². The lowest BCUT2D eigenvalue weighted by Gasteiger charge is -2.12. The Morgan fingerprint density at radius 3 is 2.78 bits per heavy atom. The number of nitrogen functional groups attached to an aromatic ring is 1. The maximum atomic E-state index is 6.11. The number of rotatable bonds is 3. The van der Waals surface area contributed by atoms with Gasteiger partial charge in [-0.1, -0.05) is 36.2 Å². The Labute approximate surface area is 115 Å². The summed E-state index contributed by atoms with van der Waals surface area (Å²) in [6, 6.07) is 5.36. The molecule has 1 aromatic heterocycles. The standard InChI is InChI=1S/C12H12Cl2N4/c1-2-7-11(15)16-6-17-12(7)18-9-5-3-4-8(13)10(9)14/h3-6H,2H2,1H3,(H3,15,16,17,18). The number of nitrogens with two attached hydrogens (primary N) is 1. The first kappa shape index (κ1) is 12.9. The summed E-state index contributed by atoms with van der Waals surface area (Å²) in [6.07, 6.45) is 2.14. The van der Waals surface area contributed by atoms with E-state index in [1.165, 1.54) is 6.33 Å². The van der Waals surface area contributed by atoms with E-state index in [9.17, 15) is 0 Å². The van der Waals surface area contributed by atoms with Gasteiger partial charge in [0.25, 0.3) is 0 Å². The summed E-state index contributed by atoms with van der Waals surface area (Å²) in [5, 5.41) is 4.07. The Bertz CT molecular complexity index is 572. The Morgan fingerprint density at radius 2 is 2.06 bits per heavy atom. The summed E-state index contributed by atoms with van der Waals surface area (Å²) in [7, 11) is 0. The van der Waals surface area contributed by atoms with Crippen molar-refractivity contribution in [1.29, 1.82) is 0 Å². The molecular formula is C12H12Cl2N4. The fourth-order valence-electron chi connectivity index (χ4n) is 1.61. The summed E-state index contributed by atoms with van der Waals surface area (Å²) < 4.78 is 0. The second-order valence-corrected chi connectivity index (χ2v) is 4.45. The van der Waals surface area contributed by atoms with Crippen LogP contribution >= 0.6 is 23.2 Å². The lowest BCUT2D eigenvalue weighted by Crippen LogP contribution is -2.04. The van der Waals surface area contributed by atoms with Crippen LogP contribution in [0.25, 0.3) is 0 Å². The molecule has 0 radical (unpaired) electrons. The van der Waals surface area contributed by atoms with Gasteiger partial charge in [-0.05, 0) is 18.6 Å². The number of nitrogens with zero attached hydrogens (tertiary/aromatic N) is 2. The van der Waals surface area contributed by atoms with E-state index in [1.807, 2.05) is 19.1 Å². The van der Waals surface area contributed by atoms with E-state index in [4.69, 9.17) is 28.9 Å². The quantitative estimate of drug-likeness (QED) is 0.902. The molecule has 0 spiro atoms. The second kappa shape index (κ2) is 5.42. The highest BCUT2D eigenvalue weighted by Gasteiger charge is 2.10. The summed E-state index contributed by atoms with van der Waals surface area (Å²) >= 11 is 12.1. The lowest BCUT2D eigenvalue weighted by atomic mass is 10.2. The molecule has 3 N–H and O–H groups in total. The summed E-state index contributed by atoms with van der Waals surface area (Å²) in [5.74, 6) is 1.11. The molecule has 0 fully saturated rings. The highest BCUT2D eigenvalue weighted by molar-refractivity contribution is 6.43. The minimum absolute atomic E-state index is 0.457. The number of nitrogens with one attached hydrogen (secondary N) is 1. The van der Waals surface area contributed by atoms with Crippen molar-refractivity contribution >= 4 is 40.5 Å². The predicted molar refractivity (Wildman–Crippen MR) is 75.6 cm³/mol. The number of aromatic nitrogens is 2. The molecule has 0 saturated carbocycles. The second-order valence-electron chi connectivity index (χ2n) is 3.67. The number of halogens is 2. The third-order valence-electron chi connectivity index (χ3n) is 2.54. The van der Waals surface area contributed by atoms with E-state index in [0.29, 0.717) is 27.4 Å². The molecule has 2 aromatic rings. The van der Waals surface area contributed by atoms with Crippen LogP contribution in [-0.2, 0) is 6.42 Å². The van der Waals surface area contributed by atoms with Gasteiger partial charge >= 0.3 is 0 Å². The van der Waals surface area contributed by atoms with Gasteiger partial charge in [0.05, 0.1) is 15.7 Å². The molecule has 1 aromatic carbocycles. The normalized spacial score (nSPS) is 10.4. The molecule has 1 heterocycles. The van der Waals surface area contributed by atoms with Crippen LogP contribution in [-0.4, -0.2) is 9.97 Å².